The molecule has 1 aliphatic rings. The Bertz CT molecular complexity index is 776. The average molecular weight is 342 g/mol. The predicted molar refractivity (Wildman–Crippen MR) is 93.1 cm³/mol. The van der Waals surface area contributed by atoms with Gasteiger partial charge in [0.25, 0.3) is 5.91 Å². The van der Waals surface area contributed by atoms with Crippen LogP contribution in [0.1, 0.15) is 19.8 Å². The topological polar surface area (TPSA) is 58.6 Å². The third kappa shape index (κ3) is 3.96. The molecule has 1 atom stereocenters. The molecule has 25 heavy (non-hydrogen) atoms. The van der Waals surface area contributed by atoms with Gasteiger partial charge in [0.2, 0.25) is 5.91 Å². The van der Waals surface area contributed by atoms with E-state index < -0.39 is 6.10 Å². The lowest BCUT2D eigenvalue weighted by atomic mass is 10.2. The van der Waals surface area contributed by atoms with Gasteiger partial charge in [-0.2, -0.15) is 0 Å². The number of carbonyl (C=O) groups excluding carboxylic acids is 2. The number of benzene rings is 2. The first kappa shape index (κ1) is 17.0. The van der Waals surface area contributed by atoms with Crippen molar-refractivity contribution in [2.45, 2.75) is 25.9 Å². The van der Waals surface area contributed by atoms with Gasteiger partial charge in [-0.25, -0.2) is 4.39 Å². The van der Waals surface area contributed by atoms with Crippen LogP contribution in [0, 0.1) is 5.82 Å². The van der Waals surface area contributed by atoms with Gasteiger partial charge < -0.3 is 15.0 Å². The standard InChI is InChI=1S/C19H19FN2O3/c1-13(25-15-10-8-14(20)9-11-15)19(24)21-16-5-2-3-6-17(16)22-12-4-7-18(22)23/h2-3,5-6,8-11,13H,4,7,12H2,1H3,(H,21,24)/t13-/m1/s1. The van der Waals surface area contributed by atoms with Gasteiger partial charge in [-0.05, 0) is 49.7 Å². The van der Waals surface area contributed by atoms with E-state index in [-0.39, 0.29) is 17.6 Å². The van der Waals surface area contributed by atoms with E-state index in [0.29, 0.717) is 30.1 Å². The molecule has 6 heteroatoms. The van der Waals surface area contributed by atoms with Crippen molar-refractivity contribution < 1.29 is 18.7 Å². The Morgan fingerprint density at radius 1 is 1.20 bits per heavy atom. The van der Waals surface area contributed by atoms with Crippen molar-refractivity contribution in [3.63, 3.8) is 0 Å². The Morgan fingerprint density at radius 3 is 2.60 bits per heavy atom. The monoisotopic (exact) mass is 342 g/mol. The van der Waals surface area contributed by atoms with E-state index in [0.717, 1.165) is 6.42 Å². The number of hydrogen-bond donors (Lipinski definition) is 1. The molecular weight excluding hydrogens is 323 g/mol. The van der Waals surface area contributed by atoms with Crippen molar-refractivity contribution in [1.29, 1.82) is 0 Å². The molecule has 0 spiro atoms. The molecule has 130 valence electrons. The summed E-state index contributed by atoms with van der Waals surface area (Å²) in [6, 6.07) is 12.7. The van der Waals surface area contributed by atoms with Crippen molar-refractivity contribution in [2.75, 3.05) is 16.8 Å². The van der Waals surface area contributed by atoms with Crippen LogP contribution < -0.4 is 15.0 Å². The summed E-state index contributed by atoms with van der Waals surface area (Å²) in [6.07, 6.45) is 0.560. The zero-order valence-corrected chi connectivity index (χ0v) is 13.9. The summed E-state index contributed by atoms with van der Waals surface area (Å²) in [4.78, 5) is 26.1. The lowest BCUT2D eigenvalue weighted by Gasteiger charge is -2.21. The number of halogens is 1. The smallest absolute Gasteiger partial charge is 0.265 e. The van der Waals surface area contributed by atoms with E-state index in [1.165, 1.54) is 24.3 Å². The van der Waals surface area contributed by atoms with E-state index in [4.69, 9.17) is 4.74 Å². The SMILES string of the molecule is C[C@@H](Oc1ccc(F)cc1)C(=O)Nc1ccccc1N1CCCC1=O. The minimum absolute atomic E-state index is 0.0531. The second-order valence-electron chi connectivity index (χ2n) is 5.87. The number of amides is 2. The van der Waals surface area contributed by atoms with Crippen molar-refractivity contribution in [3.05, 3.63) is 54.3 Å². The van der Waals surface area contributed by atoms with Gasteiger partial charge >= 0.3 is 0 Å². The zero-order chi connectivity index (χ0) is 17.8. The molecule has 1 aliphatic heterocycles. The molecule has 0 aromatic heterocycles. The van der Waals surface area contributed by atoms with Gasteiger partial charge in [-0.15, -0.1) is 0 Å². The Balaban J connectivity index is 1.70. The van der Waals surface area contributed by atoms with Crippen LogP contribution in [0.5, 0.6) is 5.75 Å². The molecule has 0 unspecified atom stereocenters. The molecule has 0 bridgehead atoms. The van der Waals surface area contributed by atoms with Gasteiger partial charge in [-0.1, -0.05) is 12.1 Å². The number of para-hydroxylation sites is 2. The molecule has 2 amide bonds. The van der Waals surface area contributed by atoms with Gasteiger partial charge in [0.15, 0.2) is 6.10 Å². The van der Waals surface area contributed by atoms with Crippen molar-refractivity contribution in [3.8, 4) is 5.75 Å². The summed E-state index contributed by atoms with van der Waals surface area (Å²) in [5.74, 6) is -0.249. The van der Waals surface area contributed by atoms with Crippen molar-refractivity contribution in [1.82, 2.24) is 0 Å². The highest BCUT2D eigenvalue weighted by Crippen LogP contribution is 2.29. The minimum atomic E-state index is -0.771. The Morgan fingerprint density at radius 2 is 1.92 bits per heavy atom. The summed E-state index contributed by atoms with van der Waals surface area (Å²) < 4.78 is 18.5. The predicted octanol–water partition coefficient (Wildman–Crippen LogP) is 3.36. The van der Waals surface area contributed by atoms with Crippen LogP contribution in [0.4, 0.5) is 15.8 Å². The van der Waals surface area contributed by atoms with E-state index in [1.54, 1.807) is 24.0 Å². The fraction of sp³-hybridized carbons (Fsp3) is 0.263. The molecule has 2 aromatic carbocycles. The Hall–Kier alpha value is -2.89. The Kier molecular flexibility index (Phi) is 4.97. The molecule has 1 N–H and O–H groups in total. The minimum Gasteiger partial charge on any atom is -0.481 e. The molecule has 3 rings (SSSR count). The molecule has 2 aromatic rings. The van der Waals surface area contributed by atoms with E-state index in [9.17, 15) is 14.0 Å². The third-order valence-corrected chi connectivity index (χ3v) is 4.02. The summed E-state index contributed by atoms with van der Waals surface area (Å²) >= 11 is 0. The van der Waals surface area contributed by atoms with Crippen LogP contribution in [0.3, 0.4) is 0 Å². The quantitative estimate of drug-likeness (QED) is 0.906. The van der Waals surface area contributed by atoms with Gasteiger partial charge in [0, 0.05) is 13.0 Å². The third-order valence-electron chi connectivity index (χ3n) is 4.02. The molecule has 1 heterocycles. The summed E-state index contributed by atoms with van der Waals surface area (Å²) in [7, 11) is 0. The second kappa shape index (κ2) is 7.34. The van der Waals surface area contributed by atoms with Crippen LogP contribution in [0.25, 0.3) is 0 Å². The highest BCUT2D eigenvalue weighted by atomic mass is 19.1. The van der Waals surface area contributed by atoms with Crippen molar-refractivity contribution >= 4 is 23.2 Å². The average Bonchev–Trinajstić information content (AvgIpc) is 3.03. The number of nitrogens with zero attached hydrogens (tertiary/aromatic N) is 1. The first-order valence-electron chi connectivity index (χ1n) is 8.17. The van der Waals surface area contributed by atoms with E-state index in [2.05, 4.69) is 5.32 Å². The molecule has 1 saturated heterocycles. The molecule has 0 aliphatic carbocycles. The number of anilines is 2. The fourth-order valence-corrected chi connectivity index (χ4v) is 2.72. The lowest BCUT2D eigenvalue weighted by molar-refractivity contribution is -0.122. The maximum Gasteiger partial charge on any atom is 0.265 e. The number of hydrogen-bond acceptors (Lipinski definition) is 3. The summed E-state index contributed by atoms with van der Waals surface area (Å²) in [6.45, 7) is 2.26. The molecule has 0 saturated carbocycles. The van der Waals surface area contributed by atoms with Crippen molar-refractivity contribution in [2.24, 2.45) is 0 Å². The first-order valence-corrected chi connectivity index (χ1v) is 8.17. The zero-order valence-electron chi connectivity index (χ0n) is 13.9. The van der Waals surface area contributed by atoms with E-state index >= 15 is 0 Å². The maximum absolute atomic E-state index is 12.9. The number of ether oxygens (including phenoxy) is 1. The fourth-order valence-electron chi connectivity index (χ4n) is 2.72. The second-order valence-corrected chi connectivity index (χ2v) is 5.87. The van der Waals surface area contributed by atoms with Crippen LogP contribution in [-0.2, 0) is 9.59 Å². The first-order chi connectivity index (χ1) is 12.0. The normalized spacial score (nSPS) is 15.1. The highest BCUT2D eigenvalue weighted by molar-refractivity contribution is 6.03. The molecule has 5 nitrogen and oxygen atoms in total. The number of rotatable bonds is 5. The largest absolute Gasteiger partial charge is 0.481 e. The Labute approximate surface area is 145 Å². The van der Waals surface area contributed by atoms with Crippen LogP contribution in [-0.4, -0.2) is 24.5 Å². The van der Waals surface area contributed by atoms with Gasteiger partial charge in [0.1, 0.15) is 11.6 Å². The maximum atomic E-state index is 12.9. The van der Waals surface area contributed by atoms with Crippen LogP contribution >= 0.6 is 0 Å². The number of nitrogens with one attached hydrogen (secondary N) is 1. The van der Waals surface area contributed by atoms with Crippen LogP contribution in [0.2, 0.25) is 0 Å². The summed E-state index contributed by atoms with van der Waals surface area (Å²) in [5, 5.41) is 2.81. The summed E-state index contributed by atoms with van der Waals surface area (Å²) in [5.41, 5.74) is 1.25. The lowest BCUT2D eigenvalue weighted by Crippen LogP contribution is -2.31. The molecule has 1 fully saturated rings. The van der Waals surface area contributed by atoms with Gasteiger partial charge in [0.05, 0.1) is 11.4 Å². The van der Waals surface area contributed by atoms with Gasteiger partial charge in [-0.3, -0.25) is 9.59 Å². The number of carbonyl (C=O) groups is 2. The highest BCUT2D eigenvalue weighted by Gasteiger charge is 2.25. The van der Waals surface area contributed by atoms with E-state index in [1.807, 2.05) is 12.1 Å². The van der Waals surface area contributed by atoms with Crippen LogP contribution in [0.15, 0.2) is 48.5 Å². The molecule has 0 radical (unpaired) electrons. The molecular formula is C19H19FN2O3.